The van der Waals surface area contributed by atoms with Crippen molar-refractivity contribution in [2.24, 2.45) is 5.92 Å². The van der Waals surface area contributed by atoms with Crippen LogP contribution >= 0.6 is 0 Å². The number of likely N-dealkylation sites (tertiary alicyclic amines) is 1. The van der Waals surface area contributed by atoms with Crippen LogP contribution in [-0.2, 0) is 9.53 Å². The molecule has 0 spiro atoms. The van der Waals surface area contributed by atoms with Gasteiger partial charge in [0, 0.05) is 25.6 Å². The van der Waals surface area contributed by atoms with Crippen molar-refractivity contribution in [1.82, 2.24) is 10.2 Å². The van der Waals surface area contributed by atoms with E-state index >= 15 is 0 Å². The van der Waals surface area contributed by atoms with Gasteiger partial charge < -0.3 is 15.0 Å². The summed E-state index contributed by atoms with van der Waals surface area (Å²) in [5.74, 6) is 0.514. The lowest BCUT2D eigenvalue weighted by Crippen LogP contribution is -2.38. The fourth-order valence-corrected chi connectivity index (χ4v) is 2.60. The van der Waals surface area contributed by atoms with Crippen LogP contribution in [0.1, 0.15) is 40.0 Å². The minimum Gasteiger partial charge on any atom is -0.444 e. The van der Waals surface area contributed by atoms with E-state index in [-0.39, 0.29) is 18.0 Å². The molecule has 2 fully saturated rings. The summed E-state index contributed by atoms with van der Waals surface area (Å²) in [6.45, 7) is 7.03. The van der Waals surface area contributed by atoms with Gasteiger partial charge in [0.25, 0.3) is 0 Å². The zero-order valence-corrected chi connectivity index (χ0v) is 11.4. The molecule has 2 aliphatic rings. The quantitative estimate of drug-likeness (QED) is 0.772. The molecule has 102 valence electrons. The second-order valence-corrected chi connectivity index (χ2v) is 6.19. The summed E-state index contributed by atoms with van der Waals surface area (Å²) in [4.78, 5) is 24.8. The Labute approximate surface area is 108 Å². The van der Waals surface area contributed by atoms with Gasteiger partial charge in [-0.25, -0.2) is 4.79 Å². The highest BCUT2D eigenvalue weighted by Crippen LogP contribution is 2.26. The van der Waals surface area contributed by atoms with E-state index in [4.69, 9.17) is 4.74 Å². The van der Waals surface area contributed by atoms with Gasteiger partial charge in [-0.3, -0.25) is 4.79 Å². The van der Waals surface area contributed by atoms with E-state index in [0.717, 1.165) is 19.4 Å². The fourth-order valence-electron chi connectivity index (χ4n) is 2.60. The lowest BCUT2D eigenvalue weighted by Gasteiger charge is -2.25. The lowest BCUT2D eigenvalue weighted by atomic mass is 9.98. The van der Waals surface area contributed by atoms with E-state index in [1.807, 2.05) is 20.8 Å². The molecular weight excluding hydrogens is 232 g/mol. The van der Waals surface area contributed by atoms with Gasteiger partial charge in [0.15, 0.2) is 0 Å². The average molecular weight is 254 g/mol. The van der Waals surface area contributed by atoms with Gasteiger partial charge >= 0.3 is 6.09 Å². The first-order valence-electron chi connectivity index (χ1n) is 6.62. The molecule has 0 aromatic heterocycles. The number of hydrogen-bond acceptors (Lipinski definition) is 3. The number of nitrogens with zero attached hydrogens (tertiary/aromatic N) is 1. The predicted octanol–water partition coefficient (Wildman–Crippen LogP) is 1.52. The Morgan fingerprint density at radius 2 is 2.11 bits per heavy atom. The van der Waals surface area contributed by atoms with Crippen molar-refractivity contribution < 1.29 is 14.3 Å². The van der Waals surface area contributed by atoms with Gasteiger partial charge in [-0.05, 0) is 39.5 Å². The molecule has 0 aromatic carbocycles. The van der Waals surface area contributed by atoms with Crippen molar-refractivity contribution in [3.8, 4) is 0 Å². The summed E-state index contributed by atoms with van der Waals surface area (Å²) in [7, 11) is 0. The second kappa shape index (κ2) is 4.78. The van der Waals surface area contributed by atoms with Crippen molar-refractivity contribution >= 4 is 12.0 Å². The van der Waals surface area contributed by atoms with Gasteiger partial charge in [-0.15, -0.1) is 0 Å². The van der Waals surface area contributed by atoms with E-state index in [1.165, 1.54) is 0 Å². The molecule has 2 atom stereocenters. The number of carbonyl (C=O) groups is 2. The molecule has 0 saturated carbocycles. The maximum atomic E-state index is 11.9. The summed E-state index contributed by atoms with van der Waals surface area (Å²) in [6, 6.07) is 0.241. The molecule has 5 nitrogen and oxygen atoms in total. The third-order valence-electron chi connectivity index (χ3n) is 3.47. The molecule has 2 heterocycles. The number of hydrogen-bond donors (Lipinski definition) is 1. The largest absolute Gasteiger partial charge is 0.444 e. The Morgan fingerprint density at radius 1 is 1.39 bits per heavy atom. The number of amides is 2. The van der Waals surface area contributed by atoms with Crippen LogP contribution < -0.4 is 5.32 Å². The second-order valence-electron chi connectivity index (χ2n) is 6.19. The van der Waals surface area contributed by atoms with E-state index in [2.05, 4.69) is 5.32 Å². The molecule has 0 aromatic rings. The molecule has 2 unspecified atom stereocenters. The first-order valence-corrected chi connectivity index (χ1v) is 6.62. The van der Waals surface area contributed by atoms with Crippen LogP contribution in [0.5, 0.6) is 0 Å². The molecule has 2 rings (SSSR count). The van der Waals surface area contributed by atoms with Gasteiger partial charge in [-0.2, -0.15) is 0 Å². The number of carbonyl (C=O) groups excluding carboxylic acids is 2. The van der Waals surface area contributed by atoms with Crippen LogP contribution in [0.2, 0.25) is 0 Å². The van der Waals surface area contributed by atoms with Gasteiger partial charge in [0.05, 0.1) is 0 Å². The Morgan fingerprint density at radius 3 is 2.67 bits per heavy atom. The monoisotopic (exact) mass is 254 g/mol. The highest BCUT2D eigenvalue weighted by Gasteiger charge is 2.36. The molecule has 1 N–H and O–H groups in total. The Balaban J connectivity index is 1.84. The Kier molecular flexibility index (Phi) is 3.50. The first kappa shape index (κ1) is 13.2. The van der Waals surface area contributed by atoms with Crippen LogP contribution in [0.3, 0.4) is 0 Å². The minimum absolute atomic E-state index is 0.135. The van der Waals surface area contributed by atoms with Crippen molar-refractivity contribution in [1.29, 1.82) is 0 Å². The highest BCUT2D eigenvalue weighted by molar-refractivity contribution is 5.78. The zero-order chi connectivity index (χ0) is 13.3. The highest BCUT2D eigenvalue weighted by atomic mass is 16.6. The third-order valence-corrected chi connectivity index (χ3v) is 3.47. The van der Waals surface area contributed by atoms with Crippen molar-refractivity contribution in [3.63, 3.8) is 0 Å². The zero-order valence-electron chi connectivity index (χ0n) is 11.4. The summed E-state index contributed by atoms with van der Waals surface area (Å²) >= 11 is 0. The first-order chi connectivity index (χ1) is 8.35. The predicted molar refractivity (Wildman–Crippen MR) is 67.1 cm³/mol. The molecule has 0 bridgehead atoms. The third kappa shape index (κ3) is 3.15. The van der Waals surface area contributed by atoms with Crippen LogP contribution in [0.15, 0.2) is 0 Å². The summed E-state index contributed by atoms with van der Waals surface area (Å²) in [6.07, 6.45) is 2.22. The van der Waals surface area contributed by atoms with Gasteiger partial charge in [0.1, 0.15) is 5.60 Å². The normalized spacial score (nSPS) is 28.4. The smallest absolute Gasteiger partial charge is 0.410 e. The summed E-state index contributed by atoms with van der Waals surface area (Å²) < 4.78 is 5.35. The van der Waals surface area contributed by atoms with E-state index in [0.29, 0.717) is 18.9 Å². The molecule has 2 saturated heterocycles. The molecular formula is C13H22N2O3. The average Bonchev–Trinajstić information content (AvgIpc) is 2.82. The van der Waals surface area contributed by atoms with Gasteiger partial charge in [-0.1, -0.05) is 0 Å². The van der Waals surface area contributed by atoms with Crippen LogP contribution in [0.25, 0.3) is 0 Å². The van der Waals surface area contributed by atoms with Crippen molar-refractivity contribution in [2.45, 2.75) is 51.7 Å². The van der Waals surface area contributed by atoms with Crippen LogP contribution in [-0.4, -0.2) is 41.6 Å². The lowest BCUT2D eigenvalue weighted by molar-refractivity contribution is -0.119. The van der Waals surface area contributed by atoms with E-state index < -0.39 is 5.60 Å². The summed E-state index contributed by atoms with van der Waals surface area (Å²) in [5, 5.41) is 2.99. The Bertz CT molecular complexity index is 349. The standard InChI is InChI=1S/C13H22N2O3/c1-13(2,3)18-12(17)15-7-6-9(8-15)10-4-5-11(16)14-10/h9-10H,4-8H2,1-3H3,(H,14,16). The van der Waals surface area contributed by atoms with E-state index in [9.17, 15) is 9.59 Å². The van der Waals surface area contributed by atoms with Crippen LogP contribution in [0, 0.1) is 5.92 Å². The maximum absolute atomic E-state index is 11.9. The van der Waals surface area contributed by atoms with E-state index in [1.54, 1.807) is 4.90 Å². The van der Waals surface area contributed by atoms with Crippen molar-refractivity contribution in [2.75, 3.05) is 13.1 Å². The number of ether oxygens (including phenoxy) is 1. The minimum atomic E-state index is -0.448. The molecule has 0 aliphatic carbocycles. The molecule has 2 amide bonds. The fraction of sp³-hybridized carbons (Fsp3) is 0.846. The van der Waals surface area contributed by atoms with Crippen LogP contribution in [0.4, 0.5) is 4.79 Å². The number of nitrogens with one attached hydrogen (secondary N) is 1. The molecule has 18 heavy (non-hydrogen) atoms. The van der Waals surface area contributed by atoms with Gasteiger partial charge in [0.2, 0.25) is 5.91 Å². The SMILES string of the molecule is CC(C)(C)OC(=O)N1CCC(C2CCC(=O)N2)C1. The Hall–Kier alpha value is -1.26. The molecule has 2 aliphatic heterocycles. The maximum Gasteiger partial charge on any atom is 0.410 e. The molecule has 5 heteroatoms. The molecule has 0 radical (unpaired) electrons. The number of rotatable bonds is 1. The van der Waals surface area contributed by atoms with Crippen molar-refractivity contribution in [3.05, 3.63) is 0 Å². The summed E-state index contributed by atoms with van der Waals surface area (Å²) in [5.41, 5.74) is -0.448. The topological polar surface area (TPSA) is 58.6 Å².